The molecule has 4 heteroatoms. The summed E-state index contributed by atoms with van der Waals surface area (Å²) >= 11 is 0. The first kappa shape index (κ1) is 15.4. The van der Waals surface area contributed by atoms with Gasteiger partial charge in [0.2, 0.25) is 0 Å². The van der Waals surface area contributed by atoms with Crippen molar-refractivity contribution in [2.75, 3.05) is 0 Å². The number of carbonyl (C=O) groups excluding carboxylic acids is 1. The van der Waals surface area contributed by atoms with Crippen LogP contribution in [0.4, 0.5) is 4.39 Å². The molecule has 0 unspecified atom stereocenters. The Labute approximate surface area is 117 Å². The molecule has 3 nitrogen and oxygen atoms in total. The molecular weight excluding hydrogens is 257 g/mol. The lowest BCUT2D eigenvalue weighted by atomic mass is 10.2. The average molecular weight is 271 g/mol. The minimum atomic E-state index is -0.730. The van der Waals surface area contributed by atoms with Crippen molar-refractivity contribution in [1.82, 2.24) is 0 Å². The predicted molar refractivity (Wildman–Crippen MR) is 74.5 cm³/mol. The molecular formula is C16H14FNO2. The van der Waals surface area contributed by atoms with Gasteiger partial charge < -0.3 is 4.74 Å². The highest BCUT2D eigenvalue weighted by atomic mass is 19.1. The molecule has 20 heavy (non-hydrogen) atoms. The summed E-state index contributed by atoms with van der Waals surface area (Å²) in [5.74, 6) is -1.33. The standard InChI is InChI=1S/C16H14FNO2/c1-4-12(6-5-11(2)3)16(19)20-14-8-7-13(10-18)15(17)9-14/h4-9H,1H2,2-3H3/b12-6+. The Balaban J connectivity index is 2.93. The van der Waals surface area contributed by atoms with E-state index in [1.165, 1.54) is 18.2 Å². The van der Waals surface area contributed by atoms with Crippen molar-refractivity contribution in [1.29, 1.82) is 5.26 Å². The van der Waals surface area contributed by atoms with Crippen molar-refractivity contribution in [3.05, 3.63) is 65.5 Å². The first-order chi connectivity index (χ1) is 9.47. The van der Waals surface area contributed by atoms with Gasteiger partial charge in [-0.15, -0.1) is 0 Å². The van der Waals surface area contributed by atoms with E-state index in [-0.39, 0.29) is 16.9 Å². The Kier molecular flexibility index (Phi) is 5.42. The first-order valence-electron chi connectivity index (χ1n) is 5.87. The van der Waals surface area contributed by atoms with E-state index in [1.807, 2.05) is 13.8 Å². The zero-order valence-corrected chi connectivity index (χ0v) is 11.3. The van der Waals surface area contributed by atoms with Crippen molar-refractivity contribution in [3.8, 4) is 11.8 Å². The van der Waals surface area contributed by atoms with Gasteiger partial charge >= 0.3 is 5.97 Å². The van der Waals surface area contributed by atoms with Crippen molar-refractivity contribution < 1.29 is 13.9 Å². The van der Waals surface area contributed by atoms with Crippen molar-refractivity contribution in [2.45, 2.75) is 13.8 Å². The number of esters is 1. The van der Waals surface area contributed by atoms with Gasteiger partial charge in [0, 0.05) is 6.07 Å². The Hall–Kier alpha value is -2.67. The van der Waals surface area contributed by atoms with Crippen molar-refractivity contribution >= 4 is 5.97 Å². The fraction of sp³-hybridized carbons (Fsp3) is 0.125. The van der Waals surface area contributed by atoms with Crippen LogP contribution in [0.2, 0.25) is 0 Å². The van der Waals surface area contributed by atoms with Crippen LogP contribution in [0.15, 0.2) is 54.2 Å². The Bertz CT molecular complexity index is 632. The fourth-order valence-electron chi connectivity index (χ4n) is 1.29. The van der Waals surface area contributed by atoms with Gasteiger partial charge in [-0.25, -0.2) is 9.18 Å². The van der Waals surface area contributed by atoms with Crippen LogP contribution in [0.5, 0.6) is 5.75 Å². The van der Waals surface area contributed by atoms with E-state index in [4.69, 9.17) is 10.00 Å². The molecule has 0 atom stereocenters. The molecule has 0 spiro atoms. The molecule has 0 saturated carbocycles. The second-order valence-corrected chi connectivity index (χ2v) is 4.21. The molecule has 1 aromatic rings. The van der Waals surface area contributed by atoms with Gasteiger partial charge in [-0.2, -0.15) is 5.26 Å². The van der Waals surface area contributed by atoms with Crippen LogP contribution in [0, 0.1) is 17.1 Å². The van der Waals surface area contributed by atoms with Gasteiger partial charge in [0.15, 0.2) is 0 Å². The van der Waals surface area contributed by atoms with E-state index < -0.39 is 11.8 Å². The second kappa shape index (κ2) is 7.05. The van der Waals surface area contributed by atoms with Crippen molar-refractivity contribution in [2.24, 2.45) is 0 Å². The number of benzene rings is 1. The lowest BCUT2D eigenvalue weighted by Crippen LogP contribution is -2.10. The summed E-state index contributed by atoms with van der Waals surface area (Å²) in [5, 5.41) is 8.61. The maximum absolute atomic E-state index is 13.4. The average Bonchev–Trinajstić information content (AvgIpc) is 2.39. The molecule has 0 fully saturated rings. The maximum Gasteiger partial charge on any atom is 0.343 e. The van der Waals surface area contributed by atoms with Gasteiger partial charge in [-0.1, -0.05) is 24.3 Å². The van der Waals surface area contributed by atoms with E-state index in [1.54, 1.807) is 18.2 Å². The van der Waals surface area contributed by atoms with Crippen LogP contribution in [0.3, 0.4) is 0 Å². The summed E-state index contributed by atoms with van der Waals surface area (Å²) < 4.78 is 18.4. The van der Waals surface area contributed by atoms with Gasteiger partial charge in [0.25, 0.3) is 0 Å². The number of carbonyl (C=O) groups is 1. The topological polar surface area (TPSA) is 50.1 Å². The summed E-state index contributed by atoms with van der Waals surface area (Å²) in [7, 11) is 0. The van der Waals surface area contributed by atoms with Crippen LogP contribution in [-0.4, -0.2) is 5.97 Å². The number of nitriles is 1. The van der Waals surface area contributed by atoms with Gasteiger partial charge in [-0.3, -0.25) is 0 Å². The van der Waals surface area contributed by atoms with Crippen LogP contribution in [0.1, 0.15) is 19.4 Å². The van der Waals surface area contributed by atoms with Gasteiger partial charge in [0.1, 0.15) is 17.6 Å². The molecule has 0 bridgehead atoms. The highest BCUT2D eigenvalue weighted by Crippen LogP contribution is 2.17. The van der Waals surface area contributed by atoms with Crippen LogP contribution >= 0.6 is 0 Å². The summed E-state index contributed by atoms with van der Waals surface area (Å²) in [6.45, 7) is 7.31. The van der Waals surface area contributed by atoms with E-state index in [0.717, 1.165) is 11.6 Å². The van der Waals surface area contributed by atoms with Crippen LogP contribution < -0.4 is 4.74 Å². The fourth-order valence-corrected chi connectivity index (χ4v) is 1.29. The minimum absolute atomic E-state index is 0.0384. The van der Waals surface area contributed by atoms with E-state index in [9.17, 15) is 9.18 Å². The Morgan fingerprint density at radius 1 is 1.40 bits per heavy atom. The monoisotopic (exact) mass is 271 g/mol. The predicted octanol–water partition coefficient (Wildman–Crippen LogP) is 3.68. The molecule has 0 aliphatic heterocycles. The van der Waals surface area contributed by atoms with E-state index in [0.29, 0.717) is 0 Å². The summed E-state index contributed by atoms with van der Waals surface area (Å²) in [6, 6.07) is 5.31. The Morgan fingerprint density at radius 2 is 2.10 bits per heavy atom. The molecule has 0 amide bonds. The third-order valence-corrected chi connectivity index (χ3v) is 2.32. The number of halogens is 1. The minimum Gasteiger partial charge on any atom is -0.423 e. The number of ether oxygens (including phenoxy) is 1. The van der Waals surface area contributed by atoms with Crippen LogP contribution in [-0.2, 0) is 4.79 Å². The lowest BCUT2D eigenvalue weighted by molar-refractivity contribution is -0.129. The summed E-state index contributed by atoms with van der Waals surface area (Å²) in [5.41, 5.74) is 1.17. The molecule has 102 valence electrons. The number of rotatable bonds is 4. The van der Waals surface area contributed by atoms with E-state index in [2.05, 4.69) is 6.58 Å². The van der Waals surface area contributed by atoms with Gasteiger partial charge in [0.05, 0.1) is 11.1 Å². The molecule has 0 aromatic heterocycles. The summed E-state index contributed by atoms with van der Waals surface area (Å²) in [4.78, 5) is 11.8. The molecule has 0 radical (unpaired) electrons. The molecule has 0 N–H and O–H groups in total. The molecule has 0 saturated heterocycles. The largest absolute Gasteiger partial charge is 0.423 e. The number of allylic oxidation sites excluding steroid dienone is 3. The zero-order valence-electron chi connectivity index (χ0n) is 11.3. The Morgan fingerprint density at radius 3 is 2.60 bits per heavy atom. The SMILES string of the molecule is C=C/C(=C\C=C(C)C)C(=O)Oc1ccc(C#N)c(F)c1. The van der Waals surface area contributed by atoms with Gasteiger partial charge in [-0.05, 0) is 32.1 Å². The quantitative estimate of drug-likeness (QED) is 0.363. The molecule has 1 rings (SSSR count). The van der Waals surface area contributed by atoms with Crippen LogP contribution in [0.25, 0.3) is 0 Å². The highest BCUT2D eigenvalue weighted by Gasteiger charge is 2.10. The number of nitrogens with zero attached hydrogens (tertiary/aromatic N) is 1. The maximum atomic E-state index is 13.4. The number of hydrogen-bond acceptors (Lipinski definition) is 3. The highest BCUT2D eigenvalue weighted by molar-refractivity contribution is 5.93. The number of hydrogen-bond donors (Lipinski definition) is 0. The molecule has 0 aliphatic rings. The smallest absolute Gasteiger partial charge is 0.343 e. The third kappa shape index (κ3) is 4.21. The molecule has 0 aliphatic carbocycles. The normalized spacial score (nSPS) is 10.4. The van der Waals surface area contributed by atoms with Crippen molar-refractivity contribution in [3.63, 3.8) is 0 Å². The third-order valence-electron chi connectivity index (χ3n) is 2.32. The zero-order chi connectivity index (χ0) is 15.1. The lowest BCUT2D eigenvalue weighted by Gasteiger charge is -2.05. The van der Waals surface area contributed by atoms with E-state index >= 15 is 0 Å². The molecule has 0 heterocycles. The molecule has 1 aromatic carbocycles. The first-order valence-corrected chi connectivity index (χ1v) is 5.87. The summed E-state index contributed by atoms with van der Waals surface area (Å²) in [6.07, 6.45) is 4.68. The second-order valence-electron chi connectivity index (χ2n) is 4.21.